The van der Waals surface area contributed by atoms with Crippen molar-refractivity contribution < 1.29 is 9.53 Å². The van der Waals surface area contributed by atoms with Crippen LogP contribution in [-0.2, 0) is 11.3 Å². The molecule has 0 aliphatic rings. The normalized spacial score (nSPS) is 11.1. The second kappa shape index (κ2) is 8.46. The van der Waals surface area contributed by atoms with Crippen LogP contribution >= 0.6 is 11.6 Å². The molecular formula is C21H24ClN3O2. The lowest BCUT2D eigenvalue weighted by Crippen LogP contribution is -2.19. The maximum atomic E-state index is 12.5. The van der Waals surface area contributed by atoms with E-state index in [0.29, 0.717) is 23.1 Å². The molecule has 0 atom stereocenters. The molecule has 3 rings (SSSR count). The molecule has 0 saturated heterocycles. The van der Waals surface area contributed by atoms with Crippen LogP contribution in [0.2, 0.25) is 5.02 Å². The Morgan fingerprint density at radius 2 is 2.00 bits per heavy atom. The van der Waals surface area contributed by atoms with E-state index in [1.54, 1.807) is 18.2 Å². The molecule has 3 aromatic rings. The Morgan fingerprint density at radius 1 is 1.22 bits per heavy atom. The number of likely N-dealkylation sites (N-methyl/N-ethyl adjacent to an activating group) is 1. The van der Waals surface area contributed by atoms with Crippen LogP contribution in [0.15, 0.2) is 48.7 Å². The molecule has 0 aliphatic heterocycles. The van der Waals surface area contributed by atoms with Gasteiger partial charge in [-0.05, 0) is 50.8 Å². The van der Waals surface area contributed by atoms with Crippen LogP contribution in [0, 0.1) is 6.92 Å². The van der Waals surface area contributed by atoms with Gasteiger partial charge in [-0.3, -0.25) is 4.79 Å². The number of halogens is 1. The molecule has 0 spiro atoms. The minimum atomic E-state index is -0.104. The van der Waals surface area contributed by atoms with E-state index < -0.39 is 0 Å². The van der Waals surface area contributed by atoms with Crippen LogP contribution in [0.5, 0.6) is 5.75 Å². The zero-order valence-electron chi connectivity index (χ0n) is 15.8. The highest BCUT2D eigenvalue weighted by Gasteiger charge is 2.10. The van der Waals surface area contributed by atoms with Gasteiger partial charge in [-0.15, -0.1) is 0 Å². The standard InChI is InChI=1S/C21H24ClN3O2/c1-15-13-25(19-7-5-4-6-17(15)19)14-21(26)23-16-8-9-20(18(22)12-16)27-11-10-24(2)3/h4-9,12-13H,10-11,14H2,1-3H3,(H,23,26). The van der Waals surface area contributed by atoms with Gasteiger partial charge in [0.05, 0.1) is 5.02 Å². The molecule has 0 saturated carbocycles. The number of ether oxygens (including phenoxy) is 1. The molecule has 27 heavy (non-hydrogen) atoms. The predicted molar refractivity (Wildman–Crippen MR) is 111 cm³/mol. The number of nitrogens with one attached hydrogen (secondary N) is 1. The summed E-state index contributed by atoms with van der Waals surface area (Å²) in [6, 6.07) is 13.4. The molecule has 1 aromatic heterocycles. The number of carbonyl (C=O) groups is 1. The molecule has 0 unspecified atom stereocenters. The lowest BCUT2D eigenvalue weighted by molar-refractivity contribution is -0.116. The van der Waals surface area contributed by atoms with Crippen molar-refractivity contribution in [3.8, 4) is 5.75 Å². The van der Waals surface area contributed by atoms with Crippen molar-refractivity contribution in [3.05, 3.63) is 59.2 Å². The third kappa shape index (κ3) is 4.81. The Labute approximate surface area is 164 Å². The fourth-order valence-electron chi connectivity index (χ4n) is 2.95. The number of anilines is 1. The minimum Gasteiger partial charge on any atom is -0.491 e. The van der Waals surface area contributed by atoms with Crippen LogP contribution in [0.1, 0.15) is 5.56 Å². The maximum absolute atomic E-state index is 12.5. The number of nitrogens with zero attached hydrogens (tertiary/aromatic N) is 2. The first-order valence-corrected chi connectivity index (χ1v) is 9.23. The van der Waals surface area contributed by atoms with E-state index in [4.69, 9.17) is 16.3 Å². The molecule has 6 heteroatoms. The average Bonchev–Trinajstić information content (AvgIpc) is 2.93. The third-order valence-corrected chi connectivity index (χ3v) is 4.61. The van der Waals surface area contributed by atoms with Gasteiger partial charge in [-0.25, -0.2) is 0 Å². The Hall–Kier alpha value is -2.50. The van der Waals surface area contributed by atoms with E-state index >= 15 is 0 Å². The number of hydrogen-bond donors (Lipinski definition) is 1. The van der Waals surface area contributed by atoms with Crippen LogP contribution < -0.4 is 10.1 Å². The van der Waals surface area contributed by atoms with Crippen molar-refractivity contribution in [2.24, 2.45) is 0 Å². The Morgan fingerprint density at radius 3 is 2.74 bits per heavy atom. The zero-order valence-corrected chi connectivity index (χ0v) is 16.6. The molecular weight excluding hydrogens is 362 g/mol. The topological polar surface area (TPSA) is 46.5 Å². The Balaban J connectivity index is 1.64. The summed E-state index contributed by atoms with van der Waals surface area (Å²) in [4.78, 5) is 14.5. The van der Waals surface area contributed by atoms with E-state index in [1.165, 1.54) is 0 Å². The molecule has 0 aliphatic carbocycles. The smallest absolute Gasteiger partial charge is 0.244 e. The summed E-state index contributed by atoms with van der Waals surface area (Å²) in [7, 11) is 3.97. The number of aryl methyl sites for hydroxylation is 1. The van der Waals surface area contributed by atoms with Crippen molar-refractivity contribution in [2.45, 2.75) is 13.5 Å². The second-order valence-corrected chi connectivity index (χ2v) is 7.21. The lowest BCUT2D eigenvalue weighted by Gasteiger charge is -2.13. The van der Waals surface area contributed by atoms with Crippen LogP contribution in [0.25, 0.3) is 10.9 Å². The van der Waals surface area contributed by atoms with Crippen molar-refractivity contribution in [3.63, 3.8) is 0 Å². The van der Waals surface area contributed by atoms with E-state index in [1.807, 2.05) is 54.9 Å². The molecule has 1 N–H and O–H groups in total. The average molecular weight is 386 g/mol. The molecule has 142 valence electrons. The van der Waals surface area contributed by atoms with Gasteiger partial charge in [0.1, 0.15) is 18.9 Å². The zero-order chi connectivity index (χ0) is 19.4. The third-order valence-electron chi connectivity index (χ3n) is 4.31. The predicted octanol–water partition coefficient (Wildman–Crippen LogP) is 4.18. The van der Waals surface area contributed by atoms with Gasteiger partial charge in [0.2, 0.25) is 5.91 Å². The summed E-state index contributed by atoms with van der Waals surface area (Å²) >= 11 is 6.27. The van der Waals surface area contributed by atoms with E-state index in [-0.39, 0.29) is 12.5 Å². The Bertz CT molecular complexity index is 950. The highest BCUT2D eigenvalue weighted by molar-refractivity contribution is 6.32. The summed E-state index contributed by atoms with van der Waals surface area (Å²) in [5.41, 5.74) is 2.85. The first kappa shape index (κ1) is 19.3. The van der Waals surface area contributed by atoms with Crippen molar-refractivity contribution in [1.82, 2.24) is 9.47 Å². The van der Waals surface area contributed by atoms with Crippen LogP contribution in [-0.4, -0.2) is 42.6 Å². The molecule has 0 radical (unpaired) electrons. The van der Waals surface area contributed by atoms with Gasteiger partial charge in [0.15, 0.2) is 0 Å². The second-order valence-electron chi connectivity index (χ2n) is 6.80. The van der Waals surface area contributed by atoms with E-state index in [9.17, 15) is 4.79 Å². The monoisotopic (exact) mass is 385 g/mol. The van der Waals surface area contributed by atoms with Crippen molar-refractivity contribution >= 4 is 34.1 Å². The highest BCUT2D eigenvalue weighted by Crippen LogP contribution is 2.28. The fraction of sp³-hybridized carbons (Fsp3) is 0.286. The molecule has 0 fully saturated rings. The molecule has 1 heterocycles. The van der Waals surface area contributed by atoms with Gasteiger partial charge < -0.3 is 19.5 Å². The number of rotatable bonds is 7. The first-order valence-electron chi connectivity index (χ1n) is 8.85. The summed E-state index contributed by atoms with van der Waals surface area (Å²) in [6.07, 6.45) is 2.00. The number of fused-ring (bicyclic) bond motifs is 1. The summed E-state index contributed by atoms with van der Waals surface area (Å²) in [6.45, 7) is 3.65. The Kier molecular flexibility index (Phi) is 6.04. The number of benzene rings is 2. The minimum absolute atomic E-state index is 0.104. The van der Waals surface area contributed by atoms with E-state index in [2.05, 4.69) is 11.4 Å². The van der Waals surface area contributed by atoms with Gasteiger partial charge >= 0.3 is 0 Å². The lowest BCUT2D eigenvalue weighted by atomic mass is 10.2. The summed E-state index contributed by atoms with van der Waals surface area (Å²) < 4.78 is 7.62. The van der Waals surface area contributed by atoms with Crippen LogP contribution in [0.4, 0.5) is 5.69 Å². The number of carbonyl (C=O) groups excluding carboxylic acids is 1. The first-order chi connectivity index (χ1) is 12.9. The van der Waals surface area contributed by atoms with E-state index in [0.717, 1.165) is 23.0 Å². The van der Waals surface area contributed by atoms with Crippen LogP contribution in [0.3, 0.4) is 0 Å². The van der Waals surface area contributed by atoms with Gasteiger partial charge in [0, 0.05) is 29.3 Å². The number of aromatic nitrogens is 1. The van der Waals surface area contributed by atoms with Crippen molar-refractivity contribution in [2.75, 3.05) is 32.6 Å². The molecule has 5 nitrogen and oxygen atoms in total. The summed E-state index contributed by atoms with van der Waals surface area (Å²) in [5, 5.41) is 4.54. The maximum Gasteiger partial charge on any atom is 0.244 e. The van der Waals surface area contributed by atoms with Gasteiger partial charge in [0.25, 0.3) is 0 Å². The largest absolute Gasteiger partial charge is 0.491 e. The quantitative estimate of drug-likeness (QED) is 0.663. The van der Waals surface area contributed by atoms with Crippen molar-refractivity contribution in [1.29, 1.82) is 0 Å². The number of hydrogen-bond acceptors (Lipinski definition) is 3. The number of amides is 1. The number of para-hydroxylation sites is 1. The molecule has 2 aromatic carbocycles. The van der Waals surface area contributed by atoms with Gasteiger partial charge in [-0.2, -0.15) is 0 Å². The summed E-state index contributed by atoms with van der Waals surface area (Å²) in [5.74, 6) is 0.511. The fourth-order valence-corrected chi connectivity index (χ4v) is 3.19. The SMILES string of the molecule is Cc1cn(CC(=O)Nc2ccc(OCCN(C)C)c(Cl)c2)c2ccccc12. The highest BCUT2D eigenvalue weighted by atomic mass is 35.5. The molecule has 0 bridgehead atoms. The van der Waals surface area contributed by atoms with Gasteiger partial charge in [-0.1, -0.05) is 29.8 Å². The molecule has 1 amide bonds.